The lowest BCUT2D eigenvalue weighted by atomic mass is 10.0. The van der Waals surface area contributed by atoms with Crippen molar-refractivity contribution < 1.29 is 24.4 Å². The lowest BCUT2D eigenvalue weighted by Gasteiger charge is -2.15. The number of nitro groups is 1. The van der Waals surface area contributed by atoms with Crippen LogP contribution in [0.2, 0.25) is 0 Å². The van der Waals surface area contributed by atoms with Crippen LogP contribution < -0.4 is 11.1 Å². The summed E-state index contributed by atoms with van der Waals surface area (Å²) in [5.41, 5.74) is 5.76. The van der Waals surface area contributed by atoms with Crippen LogP contribution in [0.25, 0.3) is 0 Å². The molecule has 2 aromatic rings. The van der Waals surface area contributed by atoms with Crippen molar-refractivity contribution in [2.45, 2.75) is 12.5 Å². The van der Waals surface area contributed by atoms with Crippen LogP contribution in [0.4, 0.5) is 5.69 Å². The highest BCUT2D eigenvalue weighted by molar-refractivity contribution is 5.97. The predicted molar refractivity (Wildman–Crippen MR) is 90.7 cm³/mol. The van der Waals surface area contributed by atoms with Gasteiger partial charge < -0.3 is 16.2 Å². The van der Waals surface area contributed by atoms with Crippen molar-refractivity contribution in [1.82, 2.24) is 5.32 Å². The molecule has 9 heteroatoms. The van der Waals surface area contributed by atoms with Gasteiger partial charge in [0.2, 0.25) is 5.91 Å². The number of nitrogens with two attached hydrogens (primary N) is 1. The zero-order valence-electron chi connectivity index (χ0n) is 13.4. The van der Waals surface area contributed by atoms with E-state index >= 15 is 0 Å². The molecule has 2 rings (SSSR count). The number of carboxylic acid groups (broad SMARTS) is 1. The summed E-state index contributed by atoms with van der Waals surface area (Å²) >= 11 is 0. The van der Waals surface area contributed by atoms with Crippen molar-refractivity contribution >= 4 is 23.5 Å². The number of non-ortho nitro benzene ring substituents is 1. The number of nitrogens with zero attached hydrogens (tertiary/aromatic N) is 1. The Morgan fingerprint density at radius 2 is 1.77 bits per heavy atom. The summed E-state index contributed by atoms with van der Waals surface area (Å²) in [4.78, 5) is 44.9. The molecule has 0 aromatic heterocycles. The molecule has 2 aromatic carbocycles. The fraction of sp³-hybridized carbons (Fsp3) is 0.118. The standard InChI is InChI=1S/C17H15N3O6/c18-15(21)14(8-10-4-6-11(7-5-10)17(23)24)19-16(22)12-2-1-3-13(9-12)20(25)26/h1-7,9,14H,8H2,(H2,18,21)(H,19,22)(H,23,24)/t14-/m1/s1. The monoisotopic (exact) mass is 357 g/mol. The predicted octanol–water partition coefficient (Wildman–Crippen LogP) is 1.12. The highest BCUT2D eigenvalue weighted by Crippen LogP contribution is 2.14. The van der Waals surface area contributed by atoms with Gasteiger partial charge in [-0.25, -0.2) is 4.79 Å². The summed E-state index contributed by atoms with van der Waals surface area (Å²) in [6.45, 7) is 0. The number of nitro benzene ring substituents is 1. The van der Waals surface area contributed by atoms with Gasteiger partial charge >= 0.3 is 5.97 Å². The van der Waals surface area contributed by atoms with E-state index in [-0.39, 0.29) is 23.2 Å². The van der Waals surface area contributed by atoms with Crippen LogP contribution in [0.15, 0.2) is 48.5 Å². The molecule has 1 atom stereocenters. The minimum absolute atomic E-state index is 0.0201. The summed E-state index contributed by atoms with van der Waals surface area (Å²) in [7, 11) is 0. The van der Waals surface area contributed by atoms with Gasteiger partial charge in [0.15, 0.2) is 0 Å². The maximum Gasteiger partial charge on any atom is 0.335 e. The van der Waals surface area contributed by atoms with E-state index in [1.165, 1.54) is 42.5 Å². The molecular weight excluding hydrogens is 342 g/mol. The van der Waals surface area contributed by atoms with E-state index in [4.69, 9.17) is 10.8 Å². The van der Waals surface area contributed by atoms with Crippen LogP contribution in [0, 0.1) is 10.1 Å². The molecule has 2 amide bonds. The first kappa shape index (κ1) is 18.6. The van der Waals surface area contributed by atoms with E-state index in [0.29, 0.717) is 5.56 Å². The Morgan fingerprint density at radius 1 is 1.12 bits per heavy atom. The maximum absolute atomic E-state index is 12.2. The summed E-state index contributed by atoms with van der Waals surface area (Å²) in [6, 6.07) is 9.78. The molecule has 0 saturated carbocycles. The fourth-order valence-corrected chi connectivity index (χ4v) is 2.24. The number of hydrogen-bond acceptors (Lipinski definition) is 5. The SMILES string of the molecule is NC(=O)[C@@H](Cc1ccc(C(=O)O)cc1)NC(=O)c1cccc([N+](=O)[O-])c1. The van der Waals surface area contributed by atoms with Crippen LogP contribution in [0.3, 0.4) is 0 Å². The average molecular weight is 357 g/mol. The number of amides is 2. The molecule has 0 bridgehead atoms. The van der Waals surface area contributed by atoms with Gasteiger partial charge in [0.1, 0.15) is 6.04 Å². The number of carbonyl (C=O) groups excluding carboxylic acids is 2. The van der Waals surface area contributed by atoms with Crippen molar-refractivity contribution in [3.8, 4) is 0 Å². The fourth-order valence-electron chi connectivity index (χ4n) is 2.24. The normalized spacial score (nSPS) is 11.4. The molecule has 134 valence electrons. The van der Waals surface area contributed by atoms with Gasteiger partial charge in [0, 0.05) is 24.1 Å². The minimum atomic E-state index is -1.08. The Labute approximate surface area is 147 Å². The molecule has 9 nitrogen and oxygen atoms in total. The van der Waals surface area contributed by atoms with Gasteiger partial charge in [0.25, 0.3) is 11.6 Å². The lowest BCUT2D eigenvalue weighted by molar-refractivity contribution is -0.384. The molecule has 4 N–H and O–H groups in total. The molecule has 0 aliphatic heterocycles. The minimum Gasteiger partial charge on any atom is -0.478 e. The number of rotatable bonds is 7. The molecule has 0 heterocycles. The van der Waals surface area contributed by atoms with Crippen molar-refractivity contribution in [3.05, 3.63) is 75.3 Å². The first-order chi connectivity index (χ1) is 12.3. The summed E-state index contributed by atoms with van der Waals surface area (Å²) in [5, 5.41) is 22.1. The van der Waals surface area contributed by atoms with E-state index in [9.17, 15) is 24.5 Å². The van der Waals surface area contributed by atoms with E-state index in [1.807, 2.05) is 0 Å². The van der Waals surface area contributed by atoms with E-state index in [1.54, 1.807) is 0 Å². The zero-order chi connectivity index (χ0) is 19.3. The first-order valence-electron chi connectivity index (χ1n) is 7.45. The molecule has 0 aliphatic rings. The second-order valence-corrected chi connectivity index (χ2v) is 5.44. The summed E-state index contributed by atoms with van der Waals surface area (Å²) in [6.07, 6.45) is 0.0515. The van der Waals surface area contributed by atoms with Gasteiger partial charge in [-0.2, -0.15) is 0 Å². The van der Waals surface area contributed by atoms with Crippen LogP contribution in [0.5, 0.6) is 0 Å². The Balaban J connectivity index is 2.13. The lowest BCUT2D eigenvalue weighted by Crippen LogP contribution is -2.45. The molecule has 0 unspecified atom stereocenters. The number of carboxylic acids is 1. The van der Waals surface area contributed by atoms with Crippen molar-refractivity contribution in [1.29, 1.82) is 0 Å². The number of primary amides is 1. The number of benzene rings is 2. The van der Waals surface area contributed by atoms with Gasteiger partial charge in [-0.05, 0) is 23.8 Å². The molecule has 0 radical (unpaired) electrons. The third-order valence-electron chi connectivity index (χ3n) is 3.61. The number of aromatic carboxylic acids is 1. The Morgan fingerprint density at radius 3 is 2.31 bits per heavy atom. The molecule has 26 heavy (non-hydrogen) atoms. The van der Waals surface area contributed by atoms with Gasteiger partial charge in [-0.15, -0.1) is 0 Å². The highest BCUT2D eigenvalue weighted by atomic mass is 16.6. The number of carbonyl (C=O) groups is 3. The molecule has 0 spiro atoms. The number of hydrogen-bond donors (Lipinski definition) is 3. The largest absolute Gasteiger partial charge is 0.478 e. The highest BCUT2D eigenvalue weighted by Gasteiger charge is 2.20. The zero-order valence-corrected chi connectivity index (χ0v) is 13.4. The van der Waals surface area contributed by atoms with Crippen LogP contribution in [0.1, 0.15) is 26.3 Å². The van der Waals surface area contributed by atoms with E-state index in [0.717, 1.165) is 6.07 Å². The van der Waals surface area contributed by atoms with Crippen LogP contribution in [-0.4, -0.2) is 33.9 Å². The van der Waals surface area contributed by atoms with Gasteiger partial charge in [0.05, 0.1) is 10.5 Å². The Kier molecular flexibility index (Phi) is 5.63. The molecular formula is C17H15N3O6. The second-order valence-electron chi connectivity index (χ2n) is 5.44. The van der Waals surface area contributed by atoms with Gasteiger partial charge in [-0.3, -0.25) is 19.7 Å². The van der Waals surface area contributed by atoms with E-state index < -0.39 is 28.7 Å². The van der Waals surface area contributed by atoms with E-state index in [2.05, 4.69) is 5.32 Å². The summed E-state index contributed by atoms with van der Waals surface area (Å²) < 4.78 is 0. The molecule has 0 aliphatic carbocycles. The summed E-state index contributed by atoms with van der Waals surface area (Å²) in [5.74, 6) is -2.55. The van der Waals surface area contributed by atoms with Crippen molar-refractivity contribution in [2.75, 3.05) is 0 Å². The van der Waals surface area contributed by atoms with Crippen molar-refractivity contribution in [3.63, 3.8) is 0 Å². The second kappa shape index (κ2) is 7.88. The molecule has 0 fully saturated rings. The Bertz CT molecular complexity index is 863. The quantitative estimate of drug-likeness (QED) is 0.498. The number of nitrogens with one attached hydrogen (secondary N) is 1. The smallest absolute Gasteiger partial charge is 0.335 e. The van der Waals surface area contributed by atoms with Crippen molar-refractivity contribution in [2.24, 2.45) is 5.73 Å². The average Bonchev–Trinajstić information content (AvgIpc) is 2.61. The third-order valence-corrected chi connectivity index (χ3v) is 3.61. The Hall–Kier alpha value is -3.75. The van der Waals surface area contributed by atoms with Gasteiger partial charge in [-0.1, -0.05) is 18.2 Å². The van der Waals surface area contributed by atoms with Crippen LogP contribution >= 0.6 is 0 Å². The third kappa shape index (κ3) is 4.63. The topological polar surface area (TPSA) is 153 Å². The van der Waals surface area contributed by atoms with Crippen LogP contribution in [-0.2, 0) is 11.2 Å². The molecule has 0 saturated heterocycles. The maximum atomic E-state index is 12.2. The first-order valence-corrected chi connectivity index (χ1v) is 7.45.